The molecule has 0 aliphatic heterocycles. The fourth-order valence-corrected chi connectivity index (χ4v) is 1.67. The van der Waals surface area contributed by atoms with Crippen LogP contribution >= 0.6 is 23.2 Å². The predicted octanol–water partition coefficient (Wildman–Crippen LogP) is 3.78. The van der Waals surface area contributed by atoms with Gasteiger partial charge in [0.05, 0.1) is 16.3 Å². The Balaban J connectivity index is 2.24. The first-order valence-corrected chi connectivity index (χ1v) is 5.69. The summed E-state index contributed by atoms with van der Waals surface area (Å²) in [5.41, 5.74) is 0.206. The van der Waals surface area contributed by atoms with Gasteiger partial charge in [-0.2, -0.15) is 0 Å². The van der Waals surface area contributed by atoms with Crippen LogP contribution < -0.4 is 5.32 Å². The summed E-state index contributed by atoms with van der Waals surface area (Å²) in [4.78, 5) is 15.6. The number of nitrogens with one attached hydrogen (secondary N) is 1. The van der Waals surface area contributed by atoms with Crippen molar-refractivity contribution in [2.75, 3.05) is 5.32 Å². The number of benzene rings is 1. The number of rotatable bonds is 2. The van der Waals surface area contributed by atoms with Crippen molar-refractivity contribution in [3.05, 3.63) is 58.1 Å². The Morgan fingerprint density at radius 2 is 2.06 bits per heavy atom. The van der Waals surface area contributed by atoms with Gasteiger partial charge in [0.2, 0.25) is 0 Å². The zero-order chi connectivity index (χ0) is 13.1. The number of amides is 1. The van der Waals surface area contributed by atoms with Crippen molar-refractivity contribution < 1.29 is 9.18 Å². The molecule has 2 rings (SSSR count). The van der Waals surface area contributed by atoms with Crippen LogP contribution in [0.25, 0.3) is 0 Å². The lowest BCUT2D eigenvalue weighted by atomic mass is 10.2. The lowest BCUT2D eigenvalue weighted by Crippen LogP contribution is -2.13. The monoisotopic (exact) mass is 284 g/mol. The van der Waals surface area contributed by atoms with Crippen LogP contribution in [0, 0.1) is 5.82 Å². The Hall–Kier alpha value is -1.65. The van der Waals surface area contributed by atoms with E-state index in [0.29, 0.717) is 0 Å². The summed E-state index contributed by atoms with van der Waals surface area (Å²) in [6.45, 7) is 0. The standard InChI is InChI=1S/C12H7Cl2FN2O/c13-7-1-2-11(10(15)5-7)17-12(18)8-6-16-4-3-9(8)14/h1-6H,(H,17,18). The Bertz CT molecular complexity index is 604. The Labute approximate surface area is 113 Å². The van der Waals surface area contributed by atoms with Crippen molar-refractivity contribution >= 4 is 34.8 Å². The molecule has 0 saturated carbocycles. The number of halogens is 3. The second kappa shape index (κ2) is 5.33. The minimum absolute atomic E-state index is 0.0318. The van der Waals surface area contributed by atoms with E-state index in [9.17, 15) is 9.18 Å². The molecule has 0 radical (unpaired) electrons. The van der Waals surface area contributed by atoms with E-state index in [1.807, 2.05) is 0 Å². The van der Waals surface area contributed by atoms with Gasteiger partial charge in [0.15, 0.2) is 0 Å². The van der Waals surface area contributed by atoms with E-state index in [1.165, 1.54) is 30.6 Å². The van der Waals surface area contributed by atoms with Crippen LogP contribution in [0.15, 0.2) is 36.7 Å². The third kappa shape index (κ3) is 2.78. The molecule has 1 N–H and O–H groups in total. The molecular weight excluding hydrogens is 278 g/mol. The average molecular weight is 285 g/mol. The number of hydrogen-bond donors (Lipinski definition) is 1. The molecule has 1 amide bonds. The molecule has 0 unspecified atom stereocenters. The lowest BCUT2D eigenvalue weighted by molar-refractivity contribution is 0.102. The van der Waals surface area contributed by atoms with Gasteiger partial charge < -0.3 is 5.32 Å². The van der Waals surface area contributed by atoms with E-state index >= 15 is 0 Å². The van der Waals surface area contributed by atoms with Gasteiger partial charge in [0, 0.05) is 17.4 Å². The van der Waals surface area contributed by atoms with E-state index in [1.54, 1.807) is 0 Å². The van der Waals surface area contributed by atoms with Crippen LogP contribution in [0.2, 0.25) is 10.0 Å². The SMILES string of the molecule is O=C(Nc1ccc(Cl)cc1F)c1cnccc1Cl. The second-order valence-electron chi connectivity index (χ2n) is 3.43. The van der Waals surface area contributed by atoms with Crippen LogP contribution in [0.5, 0.6) is 0 Å². The fraction of sp³-hybridized carbons (Fsp3) is 0. The van der Waals surface area contributed by atoms with Crippen LogP contribution in [0.4, 0.5) is 10.1 Å². The van der Waals surface area contributed by atoms with Gasteiger partial charge in [-0.05, 0) is 24.3 Å². The first kappa shape index (κ1) is 12.8. The third-order valence-corrected chi connectivity index (χ3v) is 2.76. The summed E-state index contributed by atoms with van der Waals surface area (Å²) in [5, 5.41) is 2.90. The molecule has 0 atom stereocenters. The minimum atomic E-state index is -0.615. The lowest BCUT2D eigenvalue weighted by Gasteiger charge is -2.07. The topological polar surface area (TPSA) is 42.0 Å². The van der Waals surface area contributed by atoms with Crippen molar-refractivity contribution in [3.8, 4) is 0 Å². The van der Waals surface area contributed by atoms with E-state index in [0.717, 1.165) is 6.07 Å². The average Bonchev–Trinajstić information content (AvgIpc) is 2.33. The molecule has 1 heterocycles. The van der Waals surface area contributed by atoms with Gasteiger partial charge in [0.25, 0.3) is 5.91 Å². The van der Waals surface area contributed by atoms with E-state index in [-0.39, 0.29) is 21.3 Å². The molecule has 18 heavy (non-hydrogen) atoms. The number of nitrogens with zero attached hydrogens (tertiary/aromatic N) is 1. The van der Waals surface area contributed by atoms with Gasteiger partial charge in [-0.25, -0.2) is 4.39 Å². The summed E-state index contributed by atoms with van der Waals surface area (Å²) >= 11 is 11.4. The largest absolute Gasteiger partial charge is 0.319 e. The Morgan fingerprint density at radius 3 is 2.72 bits per heavy atom. The molecular formula is C12H7Cl2FN2O. The van der Waals surface area contributed by atoms with E-state index in [2.05, 4.69) is 10.3 Å². The van der Waals surface area contributed by atoms with Crippen molar-refractivity contribution in [2.45, 2.75) is 0 Å². The molecule has 1 aromatic heterocycles. The Kier molecular flexibility index (Phi) is 3.79. The third-order valence-electron chi connectivity index (χ3n) is 2.19. The first-order chi connectivity index (χ1) is 8.58. The highest BCUT2D eigenvalue weighted by molar-refractivity contribution is 6.34. The molecule has 0 spiro atoms. The molecule has 0 bridgehead atoms. The Morgan fingerprint density at radius 1 is 1.28 bits per heavy atom. The maximum atomic E-state index is 13.5. The molecule has 1 aromatic carbocycles. The molecule has 0 aliphatic carbocycles. The molecule has 2 aromatic rings. The zero-order valence-corrected chi connectivity index (χ0v) is 10.5. The number of anilines is 1. The van der Waals surface area contributed by atoms with Crippen LogP contribution in [-0.2, 0) is 0 Å². The van der Waals surface area contributed by atoms with Crippen molar-refractivity contribution in [1.82, 2.24) is 4.98 Å². The van der Waals surface area contributed by atoms with Gasteiger partial charge in [-0.3, -0.25) is 9.78 Å². The highest BCUT2D eigenvalue weighted by Gasteiger charge is 2.12. The molecule has 0 fully saturated rings. The maximum Gasteiger partial charge on any atom is 0.258 e. The first-order valence-electron chi connectivity index (χ1n) is 4.94. The van der Waals surface area contributed by atoms with Gasteiger partial charge in [-0.15, -0.1) is 0 Å². The summed E-state index contributed by atoms with van der Waals surface area (Å²) < 4.78 is 13.5. The van der Waals surface area contributed by atoms with Crippen LogP contribution in [-0.4, -0.2) is 10.9 Å². The molecule has 0 saturated heterocycles. The molecule has 0 aliphatic rings. The normalized spacial score (nSPS) is 10.2. The molecule has 6 heteroatoms. The van der Waals surface area contributed by atoms with Crippen molar-refractivity contribution in [2.24, 2.45) is 0 Å². The van der Waals surface area contributed by atoms with Gasteiger partial charge >= 0.3 is 0 Å². The van der Waals surface area contributed by atoms with Crippen LogP contribution in [0.1, 0.15) is 10.4 Å². The number of pyridine rings is 1. The molecule has 3 nitrogen and oxygen atoms in total. The van der Waals surface area contributed by atoms with E-state index in [4.69, 9.17) is 23.2 Å². The molecule has 92 valence electrons. The summed E-state index contributed by atoms with van der Waals surface area (Å²) in [7, 11) is 0. The number of carbonyl (C=O) groups excluding carboxylic acids is 1. The van der Waals surface area contributed by atoms with Crippen molar-refractivity contribution in [3.63, 3.8) is 0 Å². The quantitative estimate of drug-likeness (QED) is 0.912. The summed E-state index contributed by atoms with van der Waals surface area (Å²) in [6, 6.07) is 5.45. The fourth-order valence-electron chi connectivity index (χ4n) is 1.33. The number of hydrogen-bond acceptors (Lipinski definition) is 2. The highest BCUT2D eigenvalue weighted by atomic mass is 35.5. The highest BCUT2D eigenvalue weighted by Crippen LogP contribution is 2.21. The smallest absolute Gasteiger partial charge is 0.258 e. The predicted molar refractivity (Wildman–Crippen MR) is 68.6 cm³/mol. The summed E-state index contributed by atoms with van der Waals surface area (Å²) in [6.07, 6.45) is 2.77. The number of carbonyl (C=O) groups is 1. The zero-order valence-electron chi connectivity index (χ0n) is 8.95. The van der Waals surface area contributed by atoms with Crippen molar-refractivity contribution in [1.29, 1.82) is 0 Å². The van der Waals surface area contributed by atoms with Crippen LogP contribution in [0.3, 0.4) is 0 Å². The second-order valence-corrected chi connectivity index (χ2v) is 4.28. The van der Waals surface area contributed by atoms with Gasteiger partial charge in [0.1, 0.15) is 5.82 Å². The van der Waals surface area contributed by atoms with E-state index < -0.39 is 11.7 Å². The minimum Gasteiger partial charge on any atom is -0.319 e. The number of aromatic nitrogens is 1. The summed E-state index contributed by atoms with van der Waals surface area (Å²) in [5.74, 6) is -1.15. The maximum absolute atomic E-state index is 13.5. The van der Waals surface area contributed by atoms with Gasteiger partial charge in [-0.1, -0.05) is 23.2 Å².